The first-order chi connectivity index (χ1) is 11.0. The Hall–Kier alpha value is -1.85. The number of fused-ring (bicyclic) bond motifs is 1. The number of nitrogens with zero attached hydrogens (tertiary/aromatic N) is 2. The van der Waals surface area contributed by atoms with Crippen molar-refractivity contribution in [2.75, 3.05) is 7.11 Å². The fourth-order valence-corrected chi connectivity index (χ4v) is 3.25. The van der Waals surface area contributed by atoms with E-state index in [1.165, 1.54) is 7.11 Å². The van der Waals surface area contributed by atoms with E-state index < -0.39 is 0 Å². The molecular formula is C17H14BrClN2O2. The summed E-state index contributed by atoms with van der Waals surface area (Å²) >= 11 is 9.70. The number of aryl methyl sites for hydroxylation is 1. The molecule has 0 radical (unpaired) electrons. The van der Waals surface area contributed by atoms with Gasteiger partial charge >= 0.3 is 5.97 Å². The highest BCUT2D eigenvalue weighted by Crippen LogP contribution is 2.25. The Balaban J connectivity index is 2.07. The molecule has 0 aliphatic heterocycles. The second-order valence-corrected chi connectivity index (χ2v) is 6.53. The third-order valence-electron chi connectivity index (χ3n) is 3.69. The lowest BCUT2D eigenvalue weighted by molar-refractivity contribution is 0.0601. The number of methoxy groups -OCH3 is 1. The zero-order valence-corrected chi connectivity index (χ0v) is 15.0. The SMILES string of the molecule is COC(=O)c1ccc2c(C)nn(Cc3ccc(Br)cc3Cl)c2c1. The van der Waals surface area contributed by atoms with Gasteiger partial charge in [-0.15, -0.1) is 0 Å². The number of rotatable bonds is 3. The summed E-state index contributed by atoms with van der Waals surface area (Å²) in [6.07, 6.45) is 0. The molecule has 118 valence electrons. The van der Waals surface area contributed by atoms with Crippen molar-refractivity contribution in [1.29, 1.82) is 0 Å². The highest BCUT2D eigenvalue weighted by atomic mass is 79.9. The Kier molecular flexibility index (Phi) is 4.41. The molecule has 0 unspecified atom stereocenters. The average Bonchev–Trinajstić information content (AvgIpc) is 2.85. The predicted octanol–water partition coefficient (Wildman–Crippen LogP) is 4.60. The smallest absolute Gasteiger partial charge is 0.337 e. The van der Waals surface area contributed by atoms with Crippen molar-refractivity contribution in [2.45, 2.75) is 13.5 Å². The van der Waals surface area contributed by atoms with Crippen molar-refractivity contribution < 1.29 is 9.53 Å². The van der Waals surface area contributed by atoms with Crippen molar-refractivity contribution in [1.82, 2.24) is 9.78 Å². The summed E-state index contributed by atoms with van der Waals surface area (Å²) in [5.41, 5.74) is 3.25. The van der Waals surface area contributed by atoms with Gasteiger partial charge in [0.25, 0.3) is 0 Å². The van der Waals surface area contributed by atoms with E-state index in [-0.39, 0.29) is 5.97 Å². The monoisotopic (exact) mass is 392 g/mol. The van der Waals surface area contributed by atoms with E-state index in [2.05, 4.69) is 21.0 Å². The molecular weight excluding hydrogens is 380 g/mol. The molecule has 0 amide bonds. The number of benzene rings is 2. The minimum absolute atomic E-state index is 0.362. The van der Waals surface area contributed by atoms with Crippen LogP contribution in [0.3, 0.4) is 0 Å². The van der Waals surface area contributed by atoms with E-state index in [0.29, 0.717) is 17.1 Å². The lowest BCUT2D eigenvalue weighted by Crippen LogP contribution is -2.04. The van der Waals surface area contributed by atoms with Crippen LogP contribution in [-0.4, -0.2) is 22.9 Å². The standard InChI is InChI=1S/C17H14BrClN2O2/c1-10-14-6-4-11(17(22)23-2)7-16(14)21(20-10)9-12-3-5-13(18)8-15(12)19/h3-8H,9H2,1-2H3. The number of halogens is 2. The normalized spacial score (nSPS) is 11.0. The number of carbonyl (C=O) groups excluding carboxylic acids is 1. The van der Waals surface area contributed by atoms with Crippen molar-refractivity contribution in [3.8, 4) is 0 Å². The van der Waals surface area contributed by atoms with Gasteiger partial charge in [-0.1, -0.05) is 39.7 Å². The summed E-state index contributed by atoms with van der Waals surface area (Å²) in [4.78, 5) is 11.7. The van der Waals surface area contributed by atoms with Gasteiger partial charge in [-0.25, -0.2) is 4.79 Å². The van der Waals surface area contributed by atoms with Crippen LogP contribution in [0.25, 0.3) is 10.9 Å². The largest absolute Gasteiger partial charge is 0.465 e. The molecule has 0 saturated heterocycles. The number of carbonyl (C=O) groups is 1. The highest BCUT2D eigenvalue weighted by Gasteiger charge is 2.13. The van der Waals surface area contributed by atoms with Gasteiger partial charge in [-0.05, 0) is 36.8 Å². The molecule has 2 aromatic carbocycles. The Labute approximate surface area is 147 Å². The summed E-state index contributed by atoms with van der Waals surface area (Å²) in [5.74, 6) is -0.362. The highest BCUT2D eigenvalue weighted by molar-refractivity contribution is 9.10. The van der Waals surface area contributed by atoms with Gasteiger partial charge in [-0.3, -0.25) is 4.68 Å². The maximum Gasteiger partial charge on any atom is 0.337 e. The Morgan fingerprint density at radius 2 is 2.09 bits per heavy atom. The molecule has 23 heavy (non-hydrogen) atoms. The first-order valence-corrected chi connectivity index (χ1v) is 8.16. The summed E-state index contributed by atoms with van der Waals surface area (Å²) in [7, 11) is 1.37. The van der Waals surface area contributed by atoms with E-state index in [4.69, 9.17) is 16.3 Å². The van der Waals surface area contributed by atoms with E-state index in [1.54, 1.807) is 12.1 Å². The van der Waals surface area contributed by atoms with Gasteiger partial charge in [0.1, 0.15) is 0 Å². The molecule has 0 aliphatic carbocycles. The van der Waals surface area contributed by atoms with Crippen LogP contribution in [0.2, 0.25) is 5.02 Å². The summed E-state index contributed by atoms with van der Waals surface area (Å²) in [5, 5.41) is 6.25. The van der Waals surface area contributed by atoms with Crippen LogP contribution in [0.5, 0.6) is 0 Å². The zero-order valence-electron chi connectivity index (χ0n) is 12.6. The molecule has 3 aromatic rings. The van der Waals surface area contributed by atoms with Gasteiger partial charge in [-0.2, -0.15) is 5.10 Å². The van der Waals surface area contributed by atoms with E-state index in [9.17, 15) is 4.79 Å². The minimum atomic E-state index is -0.362. The minimum Gasteiger partial charge on any atom is -0.465 e. The topological polar surface area (TPSA) is 44.1 Å². The van der Waals surface area contributed by atoms with Crippen LogP contribution in [-0.2, 0) is 11.3 Å². The van der Waals surface area contributed by atoms with E-state index in [0.717, 1.165) is 26.6 Å². The van der Waals surface area contributed by atoms with Gasteiger partial charge in [0.15, 0.2) is 0 Å². The quantitative estimate of drug-likeness (QED) is 0.611. The fourth-order valence-electron chi connectivity index (χ4n) is 2.52. The first kappa shape index (κ1) is 16.0. The average molecular weight is 394 g/mol. The van der Waals surface area contributed by atoms with Gasteiger partial charge in [0.05, 0.1) is 30.4 Å². The van der Waals surface area contributed by atoms with Crippen LogP contribution in [0.4, 0.5) is 0 Å². The van der Waals surface area contributed by atoms with E-state index >= 15 is 0 Å². The van der Waals surface area contributed by atoms with E-state index in [1.807, 2.05) is 35.9 Å². The van der Waals surface area contributed by atoms with Gasteiger partial charge < -0.3 is 4.74 Å². The Morgan fingerprint density at radius 1 is 1.30 bits per heavy atom. The molecule has 0 saturated carbocycles. The molecule has 0 atom stereocenters. The molecule has 0 aliphatic rings. The summed E-state index contributed by atoms with van der Waals surface area (Å²) in [6, 6.07) is 11.2. The third-order valence-corrected chi connectivity index (χ3v) is 4.54. The van der Waals surface area contributed by atoms with Gasteiger partial charge in [0.2, 0.25) is 0 Å². The molecule has 4 nitrogen and oxygen atoms in total. The maximum absolute atomic E-state index is 11.7. The molecule has 1 heterocycles. The molecule has 0 fully saturated rings. The number of hydrogen-bond donors (Lipinski definition) is 0. The second kappa shape index (κ2) is 6.34. The van der Waals surface area contributed by atoms with Crippen molar-refractivity contribution in [3.63, 3.8) is 0 Å². The van der Waals surface area contributed by atoms with Crippen molar-refractivity contribution >= 4 is 44.4 Å². The van der Waals surface area contributed by atoms with Crippen LogP contribution in [0.15, 0.2) is 40.9 Å². The van der Waals surface area contributed by atoms with Crippen LogP contribution in [0, 0.1) is 6.92 Å². The third kappa shape index (κ3) is 3.12. The van der Waals surface area contributed by atoms with Gasteiger partial charge in [0, 0.05) is 14.9 Å². The lowest BCUT2D eigenvalue weighted by atomic mass is 10.1. The zero-order chi connectivity index (χ0) is 16.6. The molecule has 6 heteroatoms. The number of esters is 1. The molecule has 0 N–H and O–H groups in total. The Bertz CT molecular complexity index is 905. The maximum atomic E-state index is 11.7. The van der Waals surface area contributed by atoms with Crippen LogP contribution in [0.1, 0.15) is 21.6 Å². The molecule has 0 bridgehead atoms. The number of hydrogen-bond acceptors (Lipinski definition) is 3. The van der Waals surface area contributed by atoms with Crippen molar-refractivity contribution in [3.05, 3.63) is 62.7 Å². The van der Waals surface area contributed by atoms with Crippen LogP contribution >= 0.6 is 27.5 Å². The molecule has 0 spiro atoms. The summed E-state index contributed by atoms with van der Waals surface area (Å²) < 4.78 is 7.57. The lowest BCUT2D eigenvalue weighted by Gasteiger charge is -2.07. The van der Waals surface area contributed by atoms with Crippen molar-refractivity contribution in [2.24, 2.45) is 0 Å². The van der Waals surface area contributed by atoms with Crippen LogP contribution < -0.4 is 0 Å². The number of ether oxygens (including phenoxy) is 1. The first-order valence-electron chi connectivity index (χ1n) is 6.99. The Morgan fingerprint density at radius 3 is 2.78 bits per heavy atom. The molecule has 3 rings (SSSR count). The second-order valence-electron chi connectivity index (χ2n) is 5.20. The predicted molar refractivity (Wildman–Crippen MR) is 94.1 cm³/mol. The summed E-state index contributed by atoms with van der Waals surface area (Å²) in [6.45, 7) is 2.47. The fraction of sp³-hybridized carbons (Fsp3) is 0.176. The number of aromatic nitrogens is 2. The molecule has 1 aromatic heterocycles.